The van der Waals surface area contributed by atoms with Crippen molar-refractivity contribution in [3.8, 4) is 5.75 Å². The van der Waals surface area contributed by atoms with Crippen molar-refractivity contribution in [2.75, 3.05) is 19.8 Å². The van der Waals surface area contributed by atoms with Crippen LogP contribution in [-0.2, 0) is 4.74 Å². The molecule has 2 N–H and O–H groups in total. The fraction of sp³-hybridized carbons (Fsp3) is 0.643. The first kappa shape index (κ1) is 13.3. The van der Waals surface area contributed by atoms with Crippen LogP contribution in [0.2, 0.25) is 0 Å². The number of nitrogens with two attached hydrogens (primary N) is 1. The van der Waals surface area contributed by atoms with Gasteiger partial charge in [-0.25, -0.2) is 0 Å². The van der Waals surface area contributed by atoms with Crippen molar-refractivity contribution in [1.82, 2.24) is 4.98 Å². The third-order valence-corrected chi connectivity index (χ3v) is 3.30. The molecular weight excluding hydrogens is 228 g/mol. The lowest BCUT2D eigenvalue weighted by Crippen LogP contribution is -2.29. The van der Waals surface area contributed by atoms with E-state index in [0.717, 1.165) is 43.8 Å². The van der Waals surface area contributed by atoms with Gasteiger partial charge in [-0.2, -0.15) is 0 Å². The zero-order chi connectivity index (χ0) is 12.8. The maximum atomic E-state index is 6.29. The minimum atomic E-state index is -0.0111. The van der Waals surface area contributed by atoms with Gasteiger partial charge >= 0.3 is 0 Å². The Bertz CT molecular complexity index is 365. The molecule has 1 saturated heterocycles. The number of aromatic nitrogens is 1. The molecule has 4 heteroatoms. The van der Waals surface area contributed by atoms with Crippen LogP contribution in [0.4, 0.5) is 0 Å². The van der Waals surface area contributed by atoms with E-state index in [0.29, 0.717) is 12.5 Å². The first-order chi connectivity index (χ1) is 8.81. The van der Waals surface area contributed by atoms with Gasteiger partial charge in [0.1, 0.15) is 5.75 Å². The summed E-state index contributed by atoms with van der Waals surface area (Å²) < 4.78 is 11.1. The highest BCUT2D eigenvalue weighted by molar-refractivity contribution is 5.26. The van der Waals surface area contributed by atoms with E-state index in [1.165, 1.54) is 0 Å². The molecule has 1 aliphatic heterocycles. The number of rotatable bonds is 5. The Hall–Kier alpha value is -1.13. The summed E-state index contributed by atoms with van der Waals surface area (Å²) in [6, 6.07) is 1.99. The van der Waals surface area contributed by atoms with Gasteiger partial charge in [0.15, 0.2) is 0 Å². The monoisotopic (exact) mass is 250 g/mol. The molecule has 4 nitrogen and oxygen atoms in total. The van der Waals surface area contributed by atoms with E-state index < -0.39 is 0 Å². The summed E-state index contributed by atoms with van der Waals surface area (Å²) in [6.07, 6.45) is 6.78. The third-order valence-electron chi connectivity index (χ3n) is 3.30. The van der Waals surface area contributed by atoms with Gasteiger partial charge < -0.3 is 15.2 Å². The number of pyridine rings is 1. The Morgan fingerprint density at radius 2 is 2.44 bits per heavy atom. The normalized spacial score (nSPS) is 21.6. The first-order valence-electron chi connectivity index (χ1n) is 6.72. The van der Waals surface area contributed by atoms with Crippen molar-refractivity contribution in [2.45, 2.75) is 32.2 Å². The Morgan fingerprint density at radius 3 is 3.17 bits per heavy atom. The summed E-state index contributed by atoms with van der Waals surface area (Å²) in [7, 11) is 0. The number of hydrogen-bond acceptors (Lipinski definition) is 4. The van der Waals surface area contributed by atoms with Gasteiger partial charge in [0, 0.05) is 24.8 Å². The Labute approximate surface area is 108 Å². The quantitative estimate of drug-likeness (QED) is 0.871. The highest BCUT2D eigenvalue weighted by Gasteiger charge is 2.22. The first-order valence-corrected chi connectivity index (χ1v) is 6.72. The van der Waals surface area contributed by atoms with Crippen molar-refractivity contribution in [3.63, 3.8) is 0 Å². The van der Waals surface area contributed by atoms with Crippen molar-refractivity contribution in [2.24, 2.45) is 11.7 Å². The van der Waals surface area contributed by atoms with Gasteiger partial charge in [0.05, 0.1) is 19.4 Å². The van der Waals surface area contributed by atoms with E-state index in [-0.39, 0.29) is 6.04 Å². The minimum Gasteiger partial charge on any atom is -0.492 e. The van der Waals surface area contributed by atoms with Gasteiger partial charge in [0.25, 0.3) is 0 Å². The molecule has 1 aromatic rings. The average Bonchev–Trinajstić information content (AvgIpc) is 2.45. The standard InChI is InChI=1S/C14H22N2O2/c1-2-5-18-13-7-12(8-16-9-13)14(15)11-4-3-6-17-10-11/h7-9,11,14H,2-6,10,15H2,1H3. The summed E-state index contributed by atoms with van der Waals surface area (Å²) in [5, 5.41) is 0. The van der Waals surface area contributed by atoms with Crippen molar-refractivity contribution >= 4 is 0 Å². The fourth-order valence-corrected chi connectivity index (χ4v) is 2.24. The largest absolute Gasteiger partial charge is 0.492 e. The van der Waals surface area contributed by atoms with E-state index in [4.69, 9.17) is 15.2 Å². The lowest BCUT2D eigenvalue weighted by Gasteiger charge is -2.27. The molecule has 2 rings (SSSR count). The second-order valence-electron chi connectivity index (χ2n) is 4.81. The lowest BCUT2D eigenvalue weighted by atomic mass is 9.90. The molecule has 0 aromatic carbocycles. The molecule has 18 heavy (non-hydrogen) atoms. The Morgan fingerprint density at radius 1 is 1.56 bits per heavy atom. The van der Waals surface area contributed by atoms with Crippen LogP contribution >= 0.6 is 0 Å². The van der Waals surface area contributed by atoms with E-state index in [2.05, 4.69) is 11.9 Å². The zero-order valence-corrected chi connectivity index (χ0v) is 11.0. The van der Waals surface area contributed by atoms with Crippen molar-refractivity contribution in [1.29, 1.82) is 0 Å². The van der Waals surface area contributed by atoms with Crippen LogP contribution in [0.5, 0.6) is 5.75 Å². The summed E-state index contributed by atoms with van der Waals surface area (Å²) in [4.78, 5) is 4.21. The topological polar surface area (TPSA) is 57.4 Å². The predicted octanol–water partition coefficient (Wildman–Crippen LogP) is 2.30. The van der Waals surface area contributed by atoms with Crippen LogP contribution in [0, 0.1) is 5.92 Å². The van der Waals surface area contributed by atoms with Crippen LogP contribution in [0.15, 0.2) is 18.5 Å². The summed E-state index contributed by atoms with van der Waals surface area (Å²) >= 11 is 0. The number of hydrogen-bond donors (Lipinski definition) is 1. The van der Waals surface area contributed by atoms with Gasteiger partial charge in [-0.15, -0.1) is 0 Å². The molecule has 0 saturated carbocycles. The molecule has 2 heterocycles. The van der Waals surface area contributed by atoms with Gasteiger partial charge in [-0.3, -0.25) is 4.98 Å². The van der Waals surface area contributed by atoms with Crippen LogP contribution in [-0.4, -0.2) is 24.8 Å². The molecule has 1 aliphatic rings. The molecule has 0 spiro atoms. The van der Waals surface area contributed by atoms with Crippen LogP contribution in [0.3, 0.4) is 0 Å². The van der Waals surface area contributed by atoms with Crippen LogP contribution in [0.1, 0.15) is 37.8 Å². The van der Waals surface area contributed by atoms with Gasteiger partial charge in [-0.1, -0.05) is 6.92 Å². The van der Waals surface area contributed by atoms with Crippen molar-refractivity contribution < 1.29 is 9.47 Å². The van der Waals surface area contributed by atoms with E-state index in [1.807, 2.05) is 12.3 Å². The summed E-state index contributed by atoms with van der Waals surface area (Å²) in [5.41, 5.74) is 7.33. The molecule has 1 aromatic heterocycles. The van der Waals surface area contributed by atoms with E-state index in [9.17, 15) is 0 Å². The summed E-state index contributed by atoms with van der Waals surface area (Å²) in [6.45, 7) is 4.41. The molecule has 0 aliphatic carbocycles. The van der Waals surface area contributed by atoms with Gasteiger partial charge in [-0.05, 0) is 30.9 Å². The lowest BCUT2D eigenvalue weighted by molar-refractivity contribution is 0.0447. The molecule has 0 amide bonds. The van der Waals surface area contributed by atoms with Crippen molar-refractivity contribution in [3.05, 3.63) is 24.0 Å². The van der Waals surface area contributed by atoms with Gasteiger partial charge in [0.2, 0.25) is 0 Å². The minimum absolute atomic E-state index is 0.0111. The molecule has 0 radical (unpaired) electrons. The van der Waals surface area contributed by atoms with E-state index in [1.54, 1.807) is 6.20 Å². The maximum Gasteiger partial charge on any atom is 0.137 e. The SMILES string of the molecule is CCCOc1cncc(C(N)C2CCCOC2)c1. The summed E-state index contributed by atoms with van der Waals surface area (Å²) in [5.74, 6) is 1.20. The highest BCUT2D eigenvalue weighted by atomic mass is 16.5. The van der Waals surface area contributed by atoms with Crippen LogP contribution < -0.4 is 10.5 Å². The average molecular weight is 250 g/mol. The Balaban J connectivity index is 2.02. The second-order valence-corrected chi connectivity index (χ2v) is 4.81. The molecular formula is C14H22N2O2. The zero-order valence-electron chi connectivity index (χ0n) is 11.0. The fourth-order valence-electron chi connectivity index (χ4n) is 2.24. The number of ether oxygens (including phenoxy) is 2. The maximum absolute atomic E-state index is 6.29. The Kier molecular flexibility index (Phi) is 4.96. The highest BCUT2D eigenvalue weighted by Crippen LogP contribution is 2.28. The molecule has 100 valence electrons. The van der Waals surface area contributed by atoms with Crippen LogP contribution in [0.25, 0.3) is 0 Å². The molecule has 2 atom stereocenters. The molecule has 1 fully saturated rings. The van der Waals surface area contributed by atoms with E-state index >= 15 is 0 Å². The predicted molar refractivity (Wildman–Crippen MR) is 70.5 cm³/mol. The second kappa shape index (κ2) is 6.71. The molecule has 0 bridgehead atoms. The molecule has 2 unspecified atom stereocenters. The smallest absolute Gasteiger partial charge is 0.137 e. The third kappa shape index (κ3) is 3.43. The number of nitrogens with zero attached hydrogens (tertiary/aromatic N) is 1.